The Morgan fingerprint density at radius 3 is 2.06 bits per heavy atom. The van der Waals surface area contributed by atoms with Gasteiger partial charge in [0.15, 0.2) is 0 Å². The van der Waals surface area contributed by atoms with Crippen molar-refractivity contribution in [1.82, 2.24) is 0 Å². The van der Waals surface area contributed by atoms with Crippen LogP contribution in [0.4, 0.5) is 11.4 Å². The molecular weight excluding hydrogens is 208 g/mol. The van der Waals surface area contributed by atoms with E-state index in [1.165, 1.54) is 37.1 Å². The Bertz CT molecular complexity index is 363. The van der Waals surface area contributed by atoms with Gasteiger partial charge in [0.05, 0.1) is 11.4 Å². The highest BCUT2D eigenvalue weighted by molar-refractivity contribution is 5.69. The van der Waals surface area contributed by atoms with Crippen molar-refractivity contribution < 1.29 is 0 Å². The van der Waals surface area contributed by atoms with E-state index in [-0.39, 0.29) is 0 Å². The van der Waals surface area contributed by atoms with E-state index in [0.717, 1.165) is 19.0 Å². The zero-order chi connectivity index (χ0) is 11.7. The minimum absolute atomic E-state index is 0.478. The minimum Gasteiger partial charge on any atom is -0.383 e. The van der Waals surface area contributed by atoms with Crippen LogP contribution in [0, 0.1) is 11.3 Å². The van der Waals surface area contributed by atoms with E-state index in [4.69, 9.17) is 0 Å². The molecule has 1 aromatic rings. The Balaban J connectivity index is 1.76. The topological polar surface area (TPSA) is 24.1 Å². The molecule has 0 atom stereocenters. The average Bonchev–Trinajstić information content (AvgIpc) is 2.55. The molecule has 0 aromatic heterocycles. The van der Waals surface area contributed by atoms with E-state index in [1.54, 1.807) is 0 Å². The van der Waals surface area contributed by atoms with Crippen LogP contribution in [-0.2, 0) is 0 Å². The second kappa shape index (κ2) is 4.25. The molecule has 1 spiro atoms. The van der Waals surface area contributed by atoms with Crippen molar-refractivity contribution in [2.45, 2.75) is 32.6 Å². The molecule has 2 heteroatoms. The lowest BCUT2D eigenvalue weighted by atomic mass is 9.71. The van der Waals surface area contributed by atoms with E-state index in [0.29, 0.717) is 5.41 Å². The fraction of sp³-hybridized carbons (Fsp3) is 0.600. The quantitative estimate of drug-likeness (QED) is 0.710. The number of hydrogen-bond acceptors (Lipinski definition) is 2. The molecule has 0 bridgehead atoms. The number of para-hydroxylation sites is 2. The monoisotopic (exact) mass is 230 g/mol. The Kier molecular flexibility index (Phi) is 2.73. The average molecular weight is 230 g/mol. The van der Waals surface area contributed by atoms with Crippen molar-refractivity contribution in [3.05, 3.63) is 24.3 Å². The molecule has 17 heavy (non-hydrogen) atoms. The summed E-state index contributed by atoms with van der Waals surface area (Å²) < 4.78 is 0. The van der Waals surface area contributed by atoms with Crippen LogP contribution in [0.25, 0.3) is 0 Å². The van der Waals surface area contributed by atoms with Crippen molar-refractivity contribution >= 4 is 11.4 Å². The summed E-state index contributed by atoms with van der Waals surface area (Å²) in [6.07, 6.45) is 5.50. The van der Waals surface area contributed by atoms with Gasteiger partial charge in [0, 0.05) is 18.5 Å². The molecule has 1 heterocycles. The van der Waals surface area contributed by atoms with Gasteiger partial charge in [-0.25, -0.2) is 0 Å². The lowest BCUT2D eigenvalue weighted by Crippen LogP contribution is -2.38. The molecule has 2 N–H and O–H groups in total. The van der Waals surface area contributed by atoms with E-state index in [1.807, 2.05) is 0 Å². The Morgan fingerprint density at radius 1 is 1.00 bits per heavy atom. The van der Waals surface area contributed by atoms with Gasteiger partial charge < -0.3 is 10.6 Å². The van der Waals surface area contributed by atoms with Crippen molar-refractivity contribution in [1.29, 1.82) is 0 Å². The van der Waals surface area contributed by atoms with E-state index in [9.17, 15) is 0 Å². The Morgan fingerprint density at radius 2 is 1.53 bits per heavy atom. The maximum absolute atomic E-state index is 3.64. The summed E-state index contributed by atoms with van der Waals surface area (Å²) in [5.74, 6) is 0.922. The first-order chi connectivity index (χ1) is 8.27. The molecular formula is C15H22N2. The van der Waals surface area contributed by atoms with Crippen molar-refractivity contribution in [3.63, 3.8) is 0 Å². The molecule has 2 aliphatic rings. The maximum atomic E-state index is 3.64. The lowest BCUT2D eigenvalue weighted by Gasteiger charge is -2.38. The van der Waals surface area contributed by atoms with Gasteiger partial charge in [-0.2, -0.15) is 0 Å². The van der Waals surface area contributed by atoms with Gasteiger partial charge in [0.1, 0.15) is 0 Å². The molecule has 1 aliphatic heterocycles. The second-order valence-corrected chi connectivity index (χ2v) is 5.94. The van der Waals surface area contributed by atoms with Crippen LogP contribution < -0.4 is 10.6 Å². The molecule has 0 radical (unpaired) electrons. The highest BCUT2D eigenvalue weighted by Crippen LogP contribution is 2.41. The zero-order valence-corrected chi connectivity index (χ0v) is 10.6. The number of rotatable bonds is 0. The van der Waals surface area contributed by atoms with Crippen LogP contribution in [0.5, 0.6) is 0 Å². The van der Waals surface area contributed by atoms with E-state index >= 15 is 0 Å². The molecule has 1 aliphatic carbocycles. The van der Waals surface area contributed by atoms with Gasteiger partial charge in [0.25, 0.3) is 0 Å². The summed E-state index contributed by atoms with van der Waals surface area (Å²) in [5, 5.41) is 7.28. The number of fused-ring (bicyclic) bond motifs is 1. The third kappa shape index (κ3) is 2.13. The largest absolute Gasteiger partial charge is 0.383 e. The van der Waals surface area contributed by atoms with Gasteiger partial charge in [0.2, 0.25) is 0 Å². The predicted molar refractivity (Wildman–Crippen MR) is 73.5 cm³/mol. The predicted octanol–water partition coefficient (Wildman–Crippen LogP) is 3.72. The summed E-state index contributed by atoms with van der Waals surface area (Å²) in [7, 11) is 0. The van der Waals surface area contributed by atoms with Crippen LogP contribution in [-0.4, -0.2) is 13.1 Å². The standard InChI is InChI=1S/C15H22N2/c1-12-6-8-15(9-7-12)10-16-13-4-2-3-5-14(13)17-11-15/h2-5,12,16-17H,6-11H2,1H3. The maximum Gasteiger partial charge on any atom is 0.0576 e. The smallest absolute Gasteiger partial charge is 0.0576 e. The number of nitrogens with one attached hydrogen (secondary N) is 2. The SMILES string of the molecule is CC1CCC2(CC1)CNc1ccccc1NC2. The first-order valence-corrected chi connectivity index (χ1v) is 6.84. The minimum atomic E-state index is 0.478. The van der Waals surface area contributed by atoms with Gasteiger partial charge in [-0.1, -0.05) is 31.9 Å². The molecule has 1 aromatic carbocycles. The Hall–Kier alpha value is -1.18. The number of anilines is 2. The Labute approximate surface area is 104 Å². The van der Waals surface area contributed by atoms with Gasteiger partial charge in [-0.3, -0.25) is 0 Å². The fourth-order valence-electron chi connectivity index (χ4n) is 3.15. The lowest BCUT2D eigenvalue weighted by molar-refractivity contribution is 0.185. The summed E-state index contributed by atoms with van der Waals surface area (Å²) in [6, 6.07) is 8.56. The van der Waals surface area contributed by atoms with Crippen LogP contribution in [0.3, 0.4) is 0 Å². The molecule has 1 fully saturated rings. The molecule has 0 saturated heterocycles. The van der Waals surface area contributed by atoms with Gasteiger partial charge in [-0.05, 0) is 30.9 Å². The van der Waals surface area contributed by atoms with Crippen LogP contribution >= 0.6 is 0 Å². The summed E-state index contributed by atoms with van der Waals surface area (Å²) in [5.41, 5.74) is 3.01. The molecule has 0 amide bonds. The number of hydrogen-bond donors (Lipinski definition) is 2. The zero-order valence-electron chi connectivity index (χ0n) is 10.6. The molecule has 0 unspecified atom stereocenters. The third-order valence-corrected chi connectivity index (χ3v) is 4.57. The first kappa shape index (κ1) is 10.9. The second-order valence-electron chi connectivity index (χ2n) is 5.94. The molecule has 92 valence electrons. The fourth-order valence-corrected chi connectivity index (χ4v) is 3.15. The molecule has 2 nitrogen and oxygen atoms in total. The normalized spacial score (nSPS) is 23.4. The van der Waals surface area contributed by atoms with Crippen molar-refractivity contribution in [2.24, 2.45) is 11.3 Å². The van der Waals surface area contributed by atoms with Crippen LogP contribution in [0.2, 0.25) is 0 Å². The van der Waals surface area contributed by atoms with Crippen molar-refractivity contribution in [2.75, 3.05) is 23.7 Å². The number of benzene rings is 1. The van der Waals surface area contributed by atoms with Crippen LogP contribution in [0.15, 0.2) is 24.3 Å². The van der Waals surface area contributed by atoms with E-state index < -0.39 is 0 Å². The highest BCUT2D eigenvalue weighted by Gasteiger charge is 2.35. The van der Waals surface area contributed by atoms with E-state index in [2.05, 4.69) is 41.8 Å². The summed E-state index contributed by atoms with van der Waals surface area (Å²) in [4.78, 5) is 0. The van der Waals surface area contributed by atoms with Crippen LogP contribution in [0.1, 0.15) is 32.6 Å². The first-order valence-electron chi connectivity index (χ1n) is 6.84. The molecule has 3 rings (SSSR count). The van der Waals surface area contributed by atoms with Gasteiger partial charge in [-0.15, -0.1) is 0 Å². The highest BCUT2D eigenvalue weighted by atomic mass is 15.0. The van der Waals surface area contributed by atoms with Gasteiger partial charge >= 0.3 is 0 Å². The summed E-state index contributed by atoms with van der Waals surface area (Å²) in [6.45, 7) is 4.65. The molecule has 1 saturated carbocycles. The summed E-state index contributed by atoms with van der Waals surface area (Å²) >= 11 is 0. The van der Waals surface area contributed by atoms with Crippen molar-refractivity contribution in [3.8, 4) is 0 Å². The third-order valence-electron chi connectivity index (χ3n) is 4.57.